The van der Waals surface area contributed by atoms with E-state index in [1.54, 1.807) is 32.0 Å². The van der Waals surface area contributed by atoms with Crippen molar-refractivity contribution in [3.8, 4) is 11.5 Å². The number of amides is 1. The van der Waals surface area contributed by atoms with Crippen molar-refractivity contribution >= 4 is 28.3 Å². The predicted molar refractivity (Wildman–Crippen MR) is 88.2 cm³/mol. The minimum atomic E-state index is -0.438. The molecule has 1 aliphatic rings. The second kappa shape index (κ2) is 6.88. The van der Waals surface area contributed by atoms with E-state index in [1.165, 1.54) is 0 Å². The molecule has 1 amide bonds. The van der Waals surface area contributed by atoms with E-state index in [9.17, 15) is 9.59 Å². The Hall–Kier alpha value is -2.61. The van der Waals surface area contributed by atoms with Crippen molar-refractivity contribution in [3.05, 3.63) is 34.3 Å². The van der Waals surface area contributed by atoms with Crippen LogP contribution in [0.1, 0.15) is 32.6 Å². The predicted octanol–water partition coefficient (Wildman–Crippen LogP) is 2.65. The second-order valence-corrected chi connectivity index (χ2v) is 5.97. The second-order valence-electron chi connectivity index (χ2n) is 4.97. The van der Waals surface area contributed by atoms with Crippen molar-refractivity contribution in [2.24, 2.45) is 0 Å². The van der Waals surface area contributed by atoms with Gasteiger partial charge < -0.3 is 14.2 Å². The molecule has 1 aliphatic heterocycles. The van der Waals surface area contributed by atoms with E-state index in [2.05, 4.69) is 10.3 Å². The van der Waals surface area contributed by atoms with Gasteiger partial charge in [-0.2, -0.15) is 0 Å². The first kappa shape index (κ1) is 16.3. The number of ether oxygens (including phenoxy) is 3. The molecule has 2 aromatic rings. The van der Waals surface area contributed by atoms with Crippen LogP contribution in [0.25, 0.3) is 0 Å². The van der Waals surface area contributed by atoms with Gasteiger partial charge in [-0.3, -0.25) is 10.1 Å². The zero-order valence-corrected chi connectivity index (χ0v) is 14.1. The summed E-state index contributed by atoms with van der Waals surface area (Å²) in [5.74, 6) is 0.382. The molecule has 8 heteroatoms. The minimum absolute atomic E-state index is 0.287. The summed E-state index contributed by atoms with van der Waals surface area (Å²) >= 11 is 1.09. The fourth-order valence-corrected chi connectivity index (χ4v) is 3.05. The van der Waals surface area contributed by atoms with Crippen LogP contribution in [0.15, 0.2) is 18.2 Å². The van der Waals surface area contributed by atoms with E-state index in [0.717, 1.165) is 11.3 Å². The third kappa shape index (κ3) is 3.33. The Morgan fingerprint density at radius 1 is 1.29 bits per heavy atom. The van der Waals surface area contributed by atoms with Gasteiger partial charge >= 0.3 is 5.97 Å². The first-order chi connectivity index (χ1) is 11.6. The van der Waals surface area contributed by atoms with E-state index in [1.807, 2.05) is 0 Å². The van der Waals surface area contributed by atoms with Crippen LogP contribution < -0.4 is 14.8 Å². The van der Waals surface area contributed by atoms with Crippen LogP contribution >= 0.6 is 11.3 Å². The molecular formula is C16H16N2O5S. The number of fused-ring (bicyclic) bond motifs is 1. The van der Waals surface area contributed by atoms with Crippen LogP contribution in [0, 0.1) is 6.92 Å². The van der Waals surface area contributed by atoms with Crippen molar-refractivity contribution in [2.45, 2.75) is 13.8 Å². The summed E-state index contributed by atoms with van der Waals surface area (Å²) in [4.78, 5) is 28.7. The molecule has 3 rings (SSSR count). The summed E-state index contributed by atoms with van der Waals surface area (Å²) in [5, 5.41) is 3.03. The molecule has 0 radical (unpaired) electrons. The summed E-state index contributed by atoms with van der Waals surface area (Å²) < 4.78 is 15.9. The summed E-state index contributed by atoms with van der Waals surface area (Å²) in [5.41, 5.74) is 0.945. The molecule has 1 aromatic carbocycles. The van der Waals surface area contributed by atoms with Gasteiger partial charge in [-0.25, -0.2) is 9.78 Å². The number of carbonyl (C=O) groups is 2. The molecule has 2 heterocycles. The van der Waals surface area contributed by atoms with Crippen LogP contribution in [0.4, 0.5) is 5.13 Å². The highest BCUT2D eigenvalue weighted by Gasteiger charge is 2.19. The van der Waals surface area contributed by atoms with Gasteiger partial charge in [0.25, 0.3) is 5.91 Å². The summed E-state index contributed by atoms with van der Waals surface area (Å²) in [7, 11) is 0. The zero-order valence-electron chi connectivity index (χ0n) is 13.3. The molecule has 0 bridgehead atoms. The van der Waals surface area contributed by atoms with Gasteiger partial charge in [0.2, 0.25) is 0 Å². The molecule has 1 N–H and O–H groups in total. The number of carbonyl (C=O) groups excluding carboxylic acids is 2. The number of nitrogens with one attached hydrogen (secondary N) is 1. The Morgan fingerprint density at radius 2 is 2.04 bits per heavy atom. The van der Waals surface area contributed by atoms with E-state index in [4.69, 9.17) is 14.2 Å². The number of esters is 1. The highest BCUT2D eigenvalue weighted by Crippen LogP contribution is 2.31. The Balaban J connectivity index is 1.75. The normalized spacial score (nSPS) is 12.6. The SMILES string of the molecule is CCOC(=O)c1sc(NC(=O)c2ccc3c(c2)OCCO3)nc1C. The molecule has 0 aliphatic carbocycles. The molecule has 0 saturated carbocycles. The number of aromatic nitrogens is 1. The number of aryl methyl sites for hydroxylation is 1. The number of benzene rings is 1. The Bertz CT molecular complexity index is 787. The van der Waals surface area contributed by atoms with Crippen molar-refractivity contribution in [2.75, 3.05) is 25.1 Å². The van der Waals surface area contributed by atoms with Crippen LogP contribution in [0.2, 0.25) is 0 Å². The smallest absolute Gasteiger partial charge is 0.350 e. The largest absolute Gasteiger partial charge is 0.486 e. The van der Waals surface area contributed by atoms with Gasteiger partial charge in [-0.05, 0) is 32.0 Å². The average Bonchev–Trinajstić information content (AvgIpc) is 2.95. The summed E-state index contributed by atoms with van der Waals surface area (Å²) in [6.45, 7) is 4.66. The third-order valence-corrected chi connectivity index (χ3v) is 4.34. The minimum Gasteiger partial charge on any atom is -0.486 e. The van der Waals surface area contributed by atoms with Crippen LogP contribution in [-0.4, -0.2) is 36.7 Å². The van der Waals surface area contributed by atoms with Gasteiger partial charge in [0, 0.05) is 5.56 Å². The van der Waals surface area contributed by atoms with Gasteiger partial charge in [-0.1, -0.05) is 11.3 Å². The number of hydrogen-bond acceptors (Lipinski definition) is 7. The number of rotatable bonds is 4. The number of anilines is 1. The molecule has 0 unspecified atom stereocenters. The highest BCUT2D eigenvalue weighted by molar-refractivity contribution is 7.17. The molecule has 0 saturated heterocycles. The number of nitrogens with zero attached hydrogens (tertiary/aromatic N) is 1. The topological polar surface area (TPSA) is 86.8 Å². The fraction of sp³-hybridized carbons (Fsp3) is 0.312. The molecular weight excluding hydrogens is 332 g/mol. The zero-order chi connectivity index (χ0) is 17.1. The molecule has 1 aromatic heterocycles. The lowest BCUT2D eigenvalue weighted by atomic mass is 10.2. The lowest BCUT2D eigenvalue weighted by molar-refractivity contribution is 0.0531. The number of thiazole rings is 1. The summed E-state index contributed by atoms with van der Waals surface area (Å²) in [6, 6.07) is 4.96. The van der Waals surface area contributed by atoms with E-state index in [0.29, 0.717) is 46.0 Å². The molecule has 126 valence electrons. The molecule has 24 heavy (non-hydrogen) atoms. The van der Waals surface area contributed by atoms with Gasteiger partial charge in [0.15, 0.2) is 16.6 Å². The molecule has 7 nitrogen and oxygen atoms in total. The van der Waals surface area contributed by atoms with Crippen molar-refractivity contribution in [3.63, 3.8) is 0 Å². The maximum Gasteiger partial charge on any atom is 0.350 e. The third-order valence-electron chi connectivity index (χ3n) is 3.28. The van der Waals surface area contributed by atoms with E-state index < -0.39 is 5.97 Å². The number of hydrogen-bond donors (Lipinski definition) is 1. The maximum absolute atomic E-state index is 12.4. The van der Waals surface area contributed by atoms with Crippen molar-refractivity contribution in [1.29, 1.82) is 0 Å². The van der Waals surface area contributed by atoms with Gasteiger partial charge in [-0.15, -0.1) is 0 Å². The van der Waals surface area contributed by atoms with E-state index >= 15 is 0 Å². The van der Waals surface area contributed by atoms with Crippen molar-refractivity contribution in [1.82, 2.24) is 4.98 Å². The Kier molecular flexibility index (Phi) is 4.66. The first-order valence-electron chi connectivity index (χ1n) is 7.44. The lowest BCUT2D eigenvalue weighted by Crippen LogP contribution is -2.17. The monoisotopic (exact) mass is 348 g/mol. The van der Waals surface area contributed by atoms with Gasteiger partial charge in [0.1, 0.15) is 18.1 Å². The van der Waals surface area contributed by atoms with Crippen LogP contribution in [-0.2, 0) is 4.74 Å². The van der Waals surface area contributed by atoms with Crippen LogP contribution in [0.3, 0.4) is 0 Å². The molecule has 0 atom stereocenters. The van der Waals surface area contributed by atoms with E-state index in [-0.39, 0.29) is 12.5 Å². The molecule has 0 spiro atoms. The quantitative estimate of drug-likeness (QED) is 0.855. The van der Waals surface area contributed by atoms with Gasteiger partial charge in [0.05, 0.1) is 12.3 Å². The summed E-state index contributed by atoms with van der Waals surface area (Å²) in [6.07, 6.45) is 0. The Labute approximate surface area is 142 Å². The lowest BCUT2D eigenvalue weighted by Gasteiger charge is -2.18. The standard InChI is InChI=1S/C16H16N2O5S/c1-3-21-15(20)13-9(2)17-16(24-13)18-14(19)10-4-5-11-12(8-10)23-7-6-22-11/h4-5,8H,3,6-7H2,1-2H3,(H,17,18,19). The first-order valence-corrected chi connectivity index (χ1v) is 8.25. The molecule has 0 fully saturated rings. The van der Waals surface area contributed by atoms with Crippen molar-refractivity contribution < 1.29 is 23.8 Å². The van der Waals surface area contributed by atoms with Crippen LogP contribution in [0.5, 0.6) is 11.5 Å². The average molecular weight is 348 g/mol. The fourth-order valence-electron chi connectivity index (χ4n) is 2.19. The highest BCUT2D eigenvalue weighted by atomic mass is 32.1. The maximum atomic E-state index is 12.4. The Morgan fingerprint density at radius 3 is 2.79 bits per heavy atom.